The molecule has 0 spiro atoms. The zero-order valence-electron chi connectivity index (χ0n) is 14.9. The number of rotatable bonds is 3. The molecule has 0 atom stereocenters. The highest BCUT2D eigenvalue weighted by atomic mass is 32.1. The smallest absolute Gasteiger partial charge is 0.272 e. The van der Waals surface area contributed by atoms with E-state index < -0.39 is 4.92 Å². The molecule has 0 aliphatic carbocycles. The number of hydrogen-bond donors (Lipinski definition) is 0. The van der Waals surface area contributed by atoms with Crippen molar-refractivity contribution in [1.29, 1.82) is 0 Å². The molecule has 0 unspecified atom stereocenters. The number of para-hydroxylation sites is 1. The first kappa shape index (κ1) is 17.6. The molecular weight excluding hydrogens is 362 g/mol. The number of hydrogen-bond acceptors (Lipinski definition) is 5. The minimum absolute atomic E-state index is 0.0427. The van der Waals surface area contributed by atoms with E-state index in [9.17, 15) is 14.9 Å². The van der Waals surface area contributed by atoms with Gasteiger partial charge in [-0.05, 0) is 44.0 Å². The summed E-state index contributed by atoms with van der Waals surface area (Å²) >= 11 is 1.74. The molecule has 138 valence electrons. The Morgan fingerprint density at radius 1 is 1.22 bits per heavy atom. The summed E-state index contributed by atoms with van der Waals surface area (Å²) in [5.74, 6) is 0.320. The Morgan fingerprint density at radius 2 is 1.96 bits per heavy atom. The van der Waals surface area contributed by atoms with Gasteiger partial charge in [-0.2, -0.15) is 0 Å². The molecule has 2 heterocycles. The SMILES string of the molecule is Cc1cc(C(=O)N2CCC(c3nc4ccccc4s3)CC2)ccc1[N+](=O)[O-]. The Bertz CT molecular complexity index is 989. The summed E-state index contributed by atoms with van der Waals surface area (Å²) in [5.41, 5.74) is 2.10. The molecule has 27 heavy (non-hydrogen) atoms. The standard InChI is InChI=1S/C20H19N3O3S/c1-13-12-15(6-7-17(13)23(25)26)20(24)22-10-8-14(9-11-22)19-21-16-4-2-3-5-18(16)27-19/h2-7,12,14H,8-11H2,1H3. The summed E-state index contributed by atoms with van der Waals surface area (Å²) < 4.78 is 1.20. The van der Waals surface area contributed by atoms with Crippen LogP contribution in [0.25, 0.3) is 10.2 Å². The lowest BCUT2D eigenvalue weighted by atomic mass is 9.96. The first-order valence-electron chi connectivity index (χ1n) is 8.92. The van der Waals surface area contributed by atoms with Gasteiger partial charge < -0.3 is 4.90 Å². The van der Waals surface area contributed by atoms with Crippen LogP contribution in [-0.4, -0.2) is 33.8 Å². The Hall–Kier alpha value is -2.80. The third-order valence-electron chi connectivity index (χ3n) is 5.08. The summed E-state index contributed by atoms with van der Waals surface area (Å²) in [5, 5.41) is 12.1. The predicted octanol–water partition coefficient (Wildman–Crippen LogP) is 4.53. The molecule has 2 aromatic carbocycles. The number of carbonyl (C=O) groups excluding carboxylic acids is 1. The lowest BCUT2D eigenvalue weighted by Gasteiger charge is -2.31. The van der Waals surface area contributed by atoms with Gasteiger partial charge >= 0.3 is 0 Å². The zero-order valence-corrected chi connectivity index (χ0v) is 15.7. The van der Waals surface area contributed by atoms with Crippen molar-refractivity contribution in [2.24, 2.45) is 0 Å². The number of benzene rings is 2. The second-order valence-corrected chi connectivity index (χ2v) is 7.91. The van der Waals surface area contributed by atoms with Crippen LogP contribution in [0.5, 0.6) is 0 Å². The largest absolute Gasteiger partial charge is 0.339 e. The molecule has 6 nitrogen and oxygen atoms in total. The Kier molecular flexibility index (Phi) is 4.61. The fraction of sp³-hybridized carbons (Fsp3) is 0.300. The number of carbonyl (C=O) groups is 1. The van der Waals surface area contributed by atoms with Crippen molar-refractivity contribution in [2.75, 3.05) is 13.1 Å². The number of nitrogens with zero attached hydrogens (tertiary/aromatic N) is 3. The molecule has 1 aliphatic rings. The van der Waals surface area contributed by atoms with E-state index in [4.69, 9.17) is 4.98 Å². The lowest BCUT2D eigenvalue weighted by molar-refractivity contribution is -0.385. The van der Waals surface area contributed by atoms with Crippen LogP contribution < -0.4 is 0 Å². The number of thiazole rings is 1. The molecule has 0 N–H and O–H groups in total. The quantitative estimate of drug-likeness (QED) is 0.493. The third kappa shape index (κ3) is 3.42. The van der Waals surface area contributed by atoms with Gasteiger partial charge in [0.05, 0.1) is 20.1 Å². The van der Waals surface area contributed by atoms with Crippen LogP contribution in [0.1, 0.15) is 39.7 Å². The van der Waals surface area contributed by atoms with Gasteiger partial charge in [-0.3, -0.25) is 14.9 Å². The zero-order chi connectivity index (χ0) is 19.0. The topological polar surface area (TPSA) is 76.3 Å². The lowest BCUT2D eigenvalue weighted by Crippen LogP contribution is -2.37. The molecule has 3 aromatic rings. The van der Waals surface area contributed by atoms with Crippen molar-refractivity contribution < 1.29 is 9.72 Å². The Morgan fingerprint density at radius 3 is 2.63 bits per heavy atom. The second kappa shape index (κ2) is 7.08. The third-order valence-corrected chi connectivity index (χ3v) is 6.28. The molecule has 7 heteroatoms. The highest BCUT2D eigenvalue weighted by molar-refractivity contribution is 7.18. The second-order valence-electron chi connectivity index (χ2n) is 6.84. The Balaban J connectivity index is 1.45. The fourth-order valence-electron chi connectivity index (χ4n) is 3.57. The first-order valence-corrected chi connectivity index (χ1v) is 9.74. The Labute approximate surface area is 160 Å². The van der Waals surface area contributed by atoms with Crippen LogP contribution in [0.4, 0.5) is 5.69 Å². The van der Waals surface area contributed by atoms with Crippen molar-refractivity contribution in [3.8, 4) is 0 Å². The number of likely N-dealkylation sites (tertiary alicyclic amines) is 1. The molecule has 1 amide bonds. The van der Waals surface area contributed by atoms with Crippen LogP contribution in [-0.2, 0) is 0 Å². The van der Waals surface area contributed by atoms with E-state index >= 15 is 0 Å². The number of aryl methyl sites for hydroxylation is 1. The van der Waals surface area contributed by atoms with Gasteiger partial charge in [0, 0.05) is 36.2 Å². The van der Waals surface area contributed by atoms with E-state index in [-0.39, 0.29) is 11.6 Å². The molecule has 4 rings (SSSR count). The first-order chi connectivity index (χ1) is 13.0. The van der Waals surface area contributed by atoms with Gasteiger partial charge in [0.25, 0.3) is 11.6 Å². The molecule has 1 aromatic heterocycles. The number of fused-ring (bicyclic) bond motifs is 1. The van der Waals surface area contributed by atoms with Crippen molar-refractivity contribution in [3.63, 3.8) is 0 Å². The minimum atomic E-state index is -0.424. The van der Waals surface area contributed by atoms with E-state index in [0.717, 1.165) is 23.4 Å². The molecule has 1 saturated heterocycles. The number of amides is 1. The molecule has 0 saturated carbocycles. The summed E-state index contributed by atoms with van der Waals surface area (Å²) in [6.45, 7) is 3.01. The van der Waals surface area contributed by atoms with E-state index in [1.807, 2.05) is 23.1 Å². The van der Waals surface area contributed by atoms with Gasteiger partial charge in [-0.15, -0.1) is 11.3 Å². The van der Waals surface area contributed by atoms with Crippen LogP contribution in [0.15, 0.2) is 42.5 Å². The van der Waals surface area contributed by atoms with Crippen molar-refractivity contribution >= 4 is 33.1 Å². The minimum Gasteiger partial charge on any atom is -0.339 e. The number of piperidine rings is 1. The molecule has 1 aliphatic heterocycles. The number of aromatic nitrogens is 1. The maximum absolute atomic E-state index is 12.8. The van der Waals surface area contributed by atoms with E-state index in [1.54, 1.807) is 30.4 Å². The number of nitro groups is 1. The summed E-state index contributed by atoms with van der Waals surface area (Å²) in [6, 6.07) is 12.7. The van der Waals surface area contributed by atoms with Gasteiger partial charge in [-0.1, -0.05) is 12.1 Å². The van der Waals surface area contributed by atoms with E-state index in [1.165, 1.54) is 10.8 Å². The van der Waals surface area contributed by atoms with Crippen LogP contribution >= 0.6 is 11.3 Å². The van der Waals surface area contributed by atoms with Gasteiger partial charge in [0.2, 0.25) is 0 Å². The molecule has 1 fully saturated rings. The summed E-state index contributed by atoms with van der Waals surface area (Å²) in [7, 11) is 0. The average molecular weight is 381 g/mol. The van der Waals surface area contributed by atoms with Crippen molar-refractivity contribution in [1.82, 2.24) is 9.88 Å². The maximum atomic E-state index is 12.8. The molecule has 0 radical (unpaired) electrons. The number of nitro benzene ring substituents is 1. The average Bonchev–Trinajstić information content (AvgIpc) is 3.11. The maximum Gasteiger partial charge on any atom is 0.272 e. The predicted molar refractivity (Wildman–Crippen MR) is 105 cm³/mol. The summed E-state index contributed by atoms with van der Waals surface area (Å²) in [4.78, 5) is 29.9. The van der Waals surface area contributed by atoms with Gasteiger partial charge in [-0.25, -0.2) is 4.98 Å². The molecular formula is C20H19N3O3S. The van der Waals surface area contributed by atoms with Crippen LogP contribution in [0.3, 0.4) is 0 Å². The highest BCUT2D eigenvalue weighted by Crippen LogP contribution is 2.34. The van der Waals surface area contributed by atoms with E-state index in [0.29, 0.717) is 30.1 Å². The van der Waals surface area contributed by atoms with Crippen LogP contribution in [0.2, 0.25) is 0 Å². The van der Waals surface area contributed by atoms with Crippen molar-refractivity contribution in [2.45, 2.75) is 25.7 Å². The summed E-state index contributed by atoms with van der Waals surface area (Å²) in [6.07, 6.45) is 1.77. The van der Waals surface area contributed by atoms with Gasteiger partial charge in [0.1, 0.15) is 0 Å². The fourth-order valence-corrected chi connectivity index (χ4v) is 4.71. The van der Waals surface area contributed by atoms with Crippen molar-refractivity contribution in [3.05, 3.63) is 68.7 Å². The van der Waals surface area contributed by atoms with E-state index in [2.05, 4.69) is 6.07 Å². The van der Waals surface area contributed by atoms with Gasteiger partial charge in [0.15, 0.2) is 0 Å². The monoisotopic (exact) mass is 381 g/mol. The normalized spacial score (nSPS) is 15.2. The highest BCUT2D eigenvalue weighted by Gasteiger charge is 2.27. The van der Waals surface area contributed by atoms with Crippen LogP contribution in [0, 0.1) is 17.0 Å². The molecule has 0 bridgehead atoms.